The van der Waals surface area contributed by atoms with Crippen LogP contribution in [0.2, 0.25) is 0 Å². The summed E-state index contributed by atoms with van der Waals surface area (Å²) in [6, 6.07) is 21.6. The number of benzene rings is 3. The Morgan fingerprint density at radius 3 is 1.93 bits per heavy atom. The predicted molar refractivity (Wildman–Crippen MR) is 109 cm³/mol. The minimum Gasteiger partial charge on any atom is -0.324 e. The molecule has 4 rings (SSSR count). The van der Waals surface area contributed by atoms with E-state index in [1.165, 1.54) is 0 Å². The quantitative estimate of drug-likeness (QED) is 0.539. The molecule has 0 saturated heterocycles. The van der Waals surface area contributed by atoms with Gasteiger partial charge in [-0.25, -0.2) is 0 Å². The molecule has 1 aliphatic rings. The average molecular weight is 378 g/mol. The Balaban J connectivity index is 1.78. The summed E-state index contributed by atoms with van der Waals surface area (Å²) in [7, 11) is -3.96. The summed E-state index contributed by atoms with van der Waals surface area (Å²) in [6.45, 7) is 5.89. The van der Waals surface area contributed by atoms with E-state index in [0.717, 1.165) is 38.9 Å². The van der Waals surface area contributed by atoms with Crippen LogP contribution in [0.4, 0.5) is 0 Å². The van der Waals surface area contributed by atoms with E-state index in [4.69, 9.17) is 4.52 Å². The van der Waals surface area contributed by atoms with E-state index in [1.807, 2.05) is 75.4 Å². The normalized spacial score (nSPS) is 16.4. The summed E-state index contributed by atoms with van der Waals surface area (Å²) >= 11 is 0. The molecule has 1 N–H and O–H groups in total. The van der Waals surface area contributed by atoms with Gasteiger partial charge in [0.1, 0.15) is 5.66 Å². The first-order valence-electron chi connectivity index (χ1n) is 9.14. The molecule has 2 unspecified atom stereocenters. The topological polar surface area (TPSA) is 46.5 Å². The van der Waals surface area contributed by atoms with Gasteiger partial charge in [-0.1, -0.05) is 77.9 Å². The molecule has 138 valence electrons. The highest BCUT2D eigenvalue weighted by Crippen LogP contribution is 2.66. The fourth-order valence-corrected chi connectivity index (χ4v) is 5.72. The van der Waals surface area contributed by atoms with Gasteiger partial charge in [0, 0.05) is 0 Å². The maximum Gasteiger partial charge on any atom is 0.340 e. The Bertz CT molecular complexity index is 991. The van der Waals surface area contributed by atoms with Gasteiger partial charge in [-0.15, -0.1) is 0 Å². The van der Waals surface area contributed by atoms with Crippen molar-refractivity contribution in [2.24, 2.45) is 0 Å². The number of rotatable bonds is 4. The summed E-state index contributed by atoms with van der Waals surface area (Å²) in [4.78, 5) is 11.0. The highest BCUT2D eigenvalue weighted by atomic mass is 31.2. The first-order valence-corrected chi connectivity index (χ1v) is 10.8. The number of aryl methyl sites for hydroxylation is 2. The molecule has 0 heterocycles. The lowest BCUT2D eigenvalue weighted by atomic mass is 10.0. The van der Waals surface area contributed by atoms with Gasteiger partial charge < -0.3 is 9.42 Å². The maximum atomic E-state index is 13.4. The summed E-state index contributed by atoms with van der Waals surface area (Å²) in [5.41, 5.74) is 6.29. The molecule has 4 heteroatoms. The molecule has 3 aromatic rings. The Morgan fingerprint density at radius 2 is 1.41 bits per heavy atom. The number of hydrogen-bond acceptors (Lipinski definition) is 2. The Morgan fingerprint density at radius 1 is 0.889 bits per heavy atom. The molecule has 0 saturated carbocycles. The van der Waals surface area contributed by atoms with Crippen LogP contribution in [0.5, 0.6) is 0 Å². The van der Waals surface area contributed by atoms with E-state index in [2.05, 4.69) is 12.1 Å². The lowest BCUT2D eigenvalue weighted by molar-refractivity contribution is 0.188. The van der Waals surface area contributed by atoms with Crippen molar-refractivity contribution in [1.82, 2.24) is 0 Å². The molecule has 1 aliphatic carbocycles. The zero-order chi connectivity index (χ0) is 19.2. The minimum absolute atomic E-state index is 0.467. The van der Waals surface area contributed by atoms with Crippen molar-refractivity contribution in [3.63, 3.8) is 0 Å². The van der Waals surface area contributed by atoms with Crippen LogP contribution in [-0.2, 0) is 9.09 Å². The van der Waals surface area contributed by atoms with Crippen molar-refractivity contribution in [2.45, 2.75) is 32.5 Å². The van der Waals surface area contributed by atoms with Gasteiger partial charge >= 0.3 is 7.60 Å². The Hall–Kier alpha value is -2.19. The Kier molecular flexibility index (Phi) is 4.55. The van der Waals surface area contributed by atoms with Crippen molar-refractivity contribution in [1.29, 1.82) is 0 Å². The molecule has 0 spiro atoms. The van der Waals surface area contributed by atoms with Gasteiger partial charge in [0.2, 0.25) is 0 Å². The third kappa shape index (κ3) is 3.27. The van der Waals surface area contributed by atoms with Crippen LogP contribution in [0, 0.1) is 13.8 Å². The van der Waals surface area contributed by atoms with Crippen LogP contribution in [0.3, 0.4) is 0 Å². The minimum atomic E-state index is -3.96. The summed E-state index contributed by atoms with van der Waals surface area (Å²) in [5.74, 6) is 0. The zero-order valence-electron chi connectivity index (χ0n) is 15.7. The van der Waals surface area contributed by atoms with Crippen molar-refractivity contribution in [3.05, 3.63) is 94.5 Å². The van der Waals surface area contributed by atoms with Gasteiger partial charge in [0.25, 0.3) is 0 Å². The first kappa shape index (κ1) is 18.2. The summed E-state index contributed by atoms with van der Waals surface area (Å²) < 4.78 is 19.2. The molecule has 0 aliphatic heterocycles. The summed E-state index contributed by atoms with van der Waals surface area (Å²) in [6.07, 6.45) is -0.467. The fourth-order valence-electron chi connectivity index (χ4n) is 3.88. The fraction of sp³-hybridized carbons (Fsp3) is 0.217. The molecule has 0 bridgehead atoms. The molecule has 3 aromatic carbocycles. The van der Waals surface area contributed by atoms with Crippen LogP contribution >= 0.6 is 7.60 Å². The smallest absolute Gasteiger partial charge is 0.324 e. The molecule has 0 aromatic heterocycles. The van der Waals surface area contributed by atoms with Crippen LogP contribution in [0.15, 0.2) is 66.7 Å². The lowest BCUT2D eigenvalue weighted by Crippen LogP contribution is -2.05. The van der Waals surface area contributed by atoms with Gasteiger partial charge in [-0.2, -0.15) is 0 Å². The highest BCUT2D eigenvalue weighted by Gasteiger charge is 2.43. The lowest BCUT2D eigenvalue weighted by Gasteiger charge is -2.24. The van der Waals surface area contributed by atoms with Crippen molar-refractivity contribution < 1.29 is 14.0 Å². The molecule has 2 atom stereocenters. The standard InChI is InChI=1S/C23H23O3P/c1-15-9-11-19-21(13-15)22-14-16(2)10-12-20(22)23(19)27(24,25)26-17(3)18-7-5-4-6-8-18/h4-14,17,23H,1-3H3,(H,24,25). The molecular weight excluding hydrogens is 355 g/mol. The van der Waals surface area contributed by atoms with Crippen LogP contribution in [0.25, 0.3) is 11.1 Å². The molecule has 27 heavy (non-hydrogen) atoms. The van der Waals surface area contributed by atoms with Gasteiger partial charge in [0.05, 0.1) is 6.10 Å². The second kappa shape index (κ2) is 6.76. The van der Waals surface area contributed by atoms with Crippen LogP contribution < -0.4 is 0 Å². The number of fused-ring (bicyclic) bond motifs is 3. The second-order valence-corrected chi connectivity index (χ2v) is 9.16. The third-order valence-electron chi connectivity index (χ3n) is 5.20. The molecule has 0 radical (unpaired) electrons. The van der Waals surface area contributed by atoms with E-state index in [0.29, 0.717) is 0 Å². The van der Waals surface area contributed by atoms with Gasteiger partial charge in [-0.05, 0) is 48.6 Å². The van der Waals surface area contributed by atoms with Gasteiger partial charge in [-0.3, -0.25) is 4.57 Å². The monoisotopic (exact) mass is 378 g/mol. The highest BCUT2D eigenvalue weighted by molar-refractivity contribution is 7.53. The first-order chi connectivity index (χ1) is 12.9. The summed E-state index contributed by atoms with van der Waals surface area (Å²) in [5, 5.41) is 0. The SMILES string of the molecule is Cc1ccc2c(c1)-c1cc(C)ccc1C2P(=O)(O)OC(C)c1ccccc1. The van der Waals surface area contributed by atoms with E-state index >= 15 is 0 Å². The van der Waals surface area contributed by atoms with Crippen LogP contribution in [-0.4, -0.2) is 4.89 Å². The van der Waals surface area contributed by atoms with E-state index in [1.54, 1.807) is 0 Å². The number of hydrogen-bond donors (Lipinski definition) is 1. The molecular formula is C23H23O3P. The third-order valence-corrected chi connectivity index (χ3v) is 7.03. The van der Waals surface area contributed by atoms with E-state index in [9.17, 15) is 9.46 Å². The molecule has 3 nitrogen and oxygen atoms in total. The van der Waals surface area contributed by atoms with E-state index in [-0.39, 0.29) is 0 Å². The maximum absolute atomic E-state index is 13.4. The molecule has 0 fully saturated rings. The van der Waals surface area contributed by atoms with Gasteiger partial charge in [0.15, 0.2) is 0 Å². The average Bonchev–Trinajstić information content (AvgIpc) is 2.96. The molecule has 0 amide bonds. The largest absolute Gasteiger partial charge is 0.340 e. The van der Waals surface area contributed by atoms with Crippen molar-refractivity contribution >= 4 is 7.60 Å². The van der Waals surface area contributed by atoms with E-state index < -0.39 is 19.4 Å². The Labute approximate surface area is 160 Å². The van der Waals surface area contributed by atoms with Crippen molar-refractivity contribution in [2.75, 3.05) is 0 Å². The van der Waals surface area contributed by atoms with Crippen molar-refractivity contribution in [3.8, 4) is 11.1 Å². The van der Waals surface area contributed by atoms with Crippen LogP contribution in [0.1, 0.15) is 46.5 Å². The zero-order valence-corrected chi connectivity index (χ0v) is 16.6. The second-order valence-electron chi connectivity index (χ2n) is 7.31. The predicted octanol–water partition coefficient (Wildman–Crippen LogP) is 6.34.